The Hall–Kier alpha value is -1.97. The summed E-state index contributed by atoms with van der Waals surface area (Å²) >= 11 is 3.22. The van der Waals surface area contributed by atoms with Crippen molar-refractivity contribution in [1.82, 2.24) is 9.82 Å². The standard InChI is InChI=1S/C14H14BrN3O4S/c1-9-14(20)13(10(8-19)6-16-9)7-17-18-23(21,22)12-4-2-11(15)3-5-12/h2-7,18-20H,8H2,1H3/b17-7+. The van der Waals surface area contributed by atoms with Gasteiger partial charge >= 0.3 is 0 Å². The number of benzene rings is 1. The first kappa shape index (κ1) is 17.4. The molecule has 0 saturated carbocycles. The van der Waals surface area contributed by atoms with Crippen molar-refractivity contribution >= 4 is 32.2 Å². The molecule has 0 spiro atoms. The summed E-state index contributed by atoms with van der Waals surface area (Å²) in [5.41, 5.74) is 0.887. The Bertz CT molecular complexity index is 836. The second kappa shape index (κ2) is 7.07. The number of hydrazone groups is 1. The van der Waals surface area contributed by atoms with E-state index in [0.717, 1.165) is 10.7 Å². The van der Waals surface area contributed by atoms with Crippen molar-refractivity contribution in [2.75, 3.05) is 0 Å². The van der Waals surface area contributed by atoms with Crippen molar-refractivity contribution in [2.24, 2.45) is 5.10 Å². The number of nitrogens with zero attached hydrogens (tertiary/aromatic N) is 2. The van der Waals surface area contributed by atoms with Crippen LogP contribution in [0, 0.1) is 6.92 Å². The highest BCUT2D eigenvalue weighted by Crippen LogP contribution is 2.22. The Morgan fingerprint density at radius 2 is 2.00 bits per heavy atom. The van der Waals surface area contributed by atoms with Crippen LogP contribution in [-0.2, 0) is 16.6 Å². The first-order chi connectivity index (χ1) is 10.8. The average Bonchev–Trinajstić information content (AvgIpc) is 2.52. The van der Waals surface area contributed by atoms with E-state index < -0.39 is 10.0 Å². The zero-order valence-corrected chi connectivity index (χ0v) is 14.5. The zero-order chi connectivity index (χ0) is 17.0. The SMILES string of the molecule is Cc1ncc(CO)c(/C=N/NS(=O)(=O)c2ccc(Br)cc2)c1O. The van der Waals surface area contributed by atoms with Gasteiger partial charge < -0.3 is 10.2 Å². The van der Waals surface area contributed by atoms with Crippen LogP contribution < -0.4 is 4.83 Å². The third-order valence-electron chi connectivity index (χ3n) is 3.02. The molecular formula is C14H14BrN3O4S. The summed E-state index contributed by atoms with van der Waals surface area (Å²) in [7, 11) is -3.82. The summed E-state index contributed by atoms with van der Waals surface area (Å²) in [6.07, 6.45) is 2.52. The van der Waals surface area contributed by atoms with E-state index in [4.69, 9.17) is 0 Å². The number of aromatic nitrogens is 1. The number of rotatable bonds is 5. The molecule has 0 bridgehead atoms. The molecule has 9 heteroatoms. The van der Waals surface area contributed by atoms with Gasteiger partial charge in [0.2, 0.25) is 0 Å². The van der Waals surface area contributed by atoms with Gasteiger partial charge in [0, 0.05) is 21.8 Å². The van der Waals surface area contributed by atoms with Crippen LogP contribution in [-0.4, -0.2) is 29.8 Å². The van der Waals surface area contributed by atoms with Crippen LogP contribution in [0.25, 0.3) is 0 Å². The first-order valence-electron chi connectivity index (χ1n) is 6.44. The number of hydrogen-bond donors (Lipinski definition) is 3. The second-order valence-corrected chi connectivity index (χ2v) is 7.17. The van der Waals surface area contributed by atoms with E-state index in [-0.39, 0.29) is 22.8 Å². The van der Waals surface area contributed by atoms with E-state index in [1.54, 1.807) is 19.1 Å². The Labute approximate surface area is 141 Å². The maximum absolute atomic E-state index is 12.1. The van der Waals surface area contributed by atoms with Gasteiger partial charge in [-0.1, -0.05) is 15.9 Å². The molecule has 23 heavy (non-hydrogen) atoms. The van der Waals surface area contributed by atoms with E-state index in [9.17, 15) is 18.6 Å². The highest BCUT2D eigenvalue weighted by Gasteiger charge is 2.13. The monoisotopic (exact) mass is 399 g/mol. The zero-order valence-electron chi connectivity index (χ0n) is 12.1. The summed E-state index contributed by atoms with van der Waals surface area (Å²) in [6, 6.07) is 6.05. The lowest BCUT2D eigenvalue weighted by molar-refractivity contribution is 0.280. The number of halogens is 1. The third-order valence-corrected chi connectivity index (χ3v) is 4.79. The van der Waals surface area contributed by atoms with Crippen LogP contribution in [0.1, 0.15) is 16.8 Å². The van der Waals surface area contributed by atoms with Crippen molar-refractivity contribution in [2.45, 2.75) is 18.4 Å². The second-order valence-electron chi connectivity index (χ2n) is 4.60. The van der Waals surface area contributed by atoms with Gasteiger partial charge in [-0.2, -0.15) is 13.5 Å². The number of aliphatic hydroxyl groups excluding tert-OH is 1. The molecule has 0 radical (unpaired) electrons. The van der Waals surface area contributed by atoms with Crippen molar-refractivity contribution in [3.63, 3.8) is 0 Å². The quantitative estimate of drug-likeness (QED) is 0.522. The number of aryl methyl sites for hydroxylation is 1. The lowest BCUT2D eigenvalue weighted by atomic mass is 10.1. The van der Waals surface area contributed by atoms with E-state index in [0.29, 0.717) is 11.3 Å². The molecule has 0 atom stereocenters. The molecule has 0 unspecified atom stereocenters. The van der Waals surface area contributed by atoms with Gasteiger partial charge in [0.1, 0.15) is 5.75 Å². The maximum Gasteiger partial charge on any atom is 0.276 e. The minimum atomic E-state index is -3.82. The number of sulfonamides is 1. The molecule has 0 aliphatic heterocycles. The minimum absolute atomic E-state index is 0.0513. The topological polar surface area (TPSA) is 112 Å². The van der Waals surface area contributed by atoms with Crippen LogP contribution in [0.3, 0.4) is 0 Å². The van der Waals surface area contributed by atoms with Crippen molar-refractivity contribution in [3.8, 4) is 5.75 Å². The summed E-state index contributed by atoms with van der Waals surface area (Å²) in [5, 5.41) is 22.8. The maximum atomic E-state index is 12.1. The number of aromatic hydroxyl groups is 1. The molecule has 0 aliphatic rings. The predicted octanol–water partition coefficient (Wildman–Crippen LogP) is 1.66. The molecule has 2 aromatic rings. The molecule has 122 valence electrons. The first-order valence-corrected chi connectivity index (χ1v) is 8.71. The smallest absolute Gasteiger partial charge is 0.276 e. The summed E-state index contributed by atoms with van der Waals surface area (Å²) in [5.74, 6) is -0.164. The Morgan fingerprint density at radius 1 is 1.35 bits per heavy atom. The van der Waals surface area contributed by atoms with Crippen LogP contribution in [0.5, 0.6) is 5.75 Å². The molecule has 0 saturated heterocycles. The van der Waals surface area contributed by atoms with Crippen molar-refractivity contribution in [3.05, 3.63) is 51.8 Å². The lowest BCUT2D eigenvalue weighted by Crippen LogP contribution is -2.18. The number of pyridine rings is 1. The molecule has 0 aliphatic carbocycles. The average molecular weight is 400 g/mol. The normalized spacial score (nSPS) is 11.8. The third kappa shape index (κ3) is 4.06. The molecular weight excluding hydrogens is 386 g/mol. The Balaban J connectivity index is 2.25. The Morgan fingerprint density at radius 3 is 2.61 bits per heavy atom. The van der Waals surface area contributed by atoms with Crippen LogP contribution in [0.15, 0.2) is 44.9 Å². The fourth-order valence-corrected chi connectivity index (χ4v) is 2.80. The molecule has 7 nitrogen and oxygen atoms in total. The van der Waals surface area contributed by atoms with Gasteiger partial charge in [0.05, 0.1) is 23.4 Å². The largest absolute Gasteiger partial charge is 0.505 e. The molecule has 1 aromatic carbocycles. The summed E-state index contributed by atoms with van der Waals surface area (Å²) in [4.78, 5) is 6.01. The summed E-state index contributed by atoms with van der Waals surface area (Å²) in [6.45, 7) is 1.22. The van der Waals surface area contributed by atoms with Crippen LogP contribution in [0.4, 0.5) is 0 Å². The van der Waals surface area contributed by atoms with Crippen LogP contribution in [0.2, 0.25) is 0 Å². The van der Waals surface area contributed by atoms with Gasteiger partial charge in [-0.05, 0) is 31.2 Å². The number of nitrogens with one attached hydrogen (secondary N) is 1. The Kier molecular flexibility index (Phi) is 5.34. The number of hydrogen-bond acceptors (Lipinski definition) is 6. The molecule has 1 aromatic heterocycles. The minimum Gasteiger partial charge on any atom is -0.505 e. The highest BCUT2D eigenvalue weighted by atomic mass is 79.9. The molecule has 3 N–H and O–H groups in total. The van der Waals surface area contributed by atoms with Gasteiger partial charge in [0.25, 0.3) is 10.0 Å². The fraction of sp³-hybridized carbons (Fsp3) is 0.143. The van der Waals surface area contributed by atoms with Crippen molar-refractivity contribution in [1.29, 1.82) is 0 Å². The molecule has 1 heterocycles. The van der Waals surface area contributed by atoms with Gasteiger partial charge in [-0.3, -0.25) is 4.98 Å². The summed E-state index contributed by atoms with van der Waals surface area (Å²) < 4.78 is 24.9. The molecule has 0 fully saturated rings. The van der Waals surface area contributed by atoms with E-state index in [1.165, 1.54) is 18.3 Å². The van der Waals surface area contributed by atoms with Gasteiger partial charge in [-0.25, -0.2) is 4.83 Å². The van der Waals surface area contributed by atoms with Gasteiger partial charge in [-0.15, -0.1) is 0 Å². The predicted molar refractivity (Wildman–Crippen MR) is 88.6 cm³/mol. The molecule has 0 amide bonds. The lowest BCUT2D eigenvalue weighted by Gasteiger charge is -2.07. The van der Waals surface area contributed by atoms with E-state index in [2.05, 4.69) is 30.8 Å². The molecule has 2 rings (SSSR count). The van der Waals surface area contributed by atoms with Crippen LogP contribution >= 0.6 is 15.9 Å². The van der Waals surface area contributed by atoms with E-state index >= 15 is 0 Å². The number of aliphatic hydroxyl groups is 1. The fourth-order valence-electron chi connectivity index (χ4n) is 1.75. The van der Waals surface area contributed by atoms with E-state index in [1.807, 2.05) is 0 Å². The van der Waals surface area contributed by atoms with Crippen molar-refractivity contribution < 1.29 is 18.6 Å². The van der Waals surface area contributed by atoms with Gasteiger partial charge in [0.15, 0.2) is 0 Å². The highest BCUT2D eigenvalue weighted by molar-refractivity contribution is 9.10.